The molecule has 6 nitrogen and oxygen atoms in total. The lowest BCUT2D eigenvalue weighted by Gasteiger charge is -2.29. The highest BCUT2D eigenvalue weighted by Crippen LogP contribution is 2.45. The molecular formula is C32H28ClN3O3S. The molecule has 0 saturated carbocycles. The molecule has 1 fully saturated rings. The molecule has 3 aromatic carbocycles. The molecule has 0 bridgehead atoms. The van der Waals surface area contributed by atoms with Crippen molar-refractivity contribution in [3.8, 4) is 0 Å². The number of primary amides is 1. The normalized spacial score (nSPS) is 20.5. The summed E-state index contributed by atoms with van der Waals surface area (Å²) in [7, 11) is 0. The smallest absolute Gasteiger partial charge is 0.323 e. The second kappa shape index (κ2) is 11.9. The molecule has 2 heterocycles. The second-order valence-corrected chi connectivity index (χ2v) is 11.1. The van der Waals surface area contributed by atoms with Crippen molar-refractivity contribution in [2.24, 2.45) is 11.7 Å². The van der Waals surface area contributed by atoms with Crippen LogP contribution < -0.4 is 11.1 Å². The molecule has 40 heavy (non-hydrogen) atoms. The molecule has 202 valence electrons. The van der Waals surface area contributed by atoms with E-state index in [0.29, 0.717) is 21.2 Å². The van der Waals surface area contributed by atoms with Crippen LogP contribution in [0.4, 0.5) is 10.5 Å². The minimum atomic E-state index is -1.09. The summed E-state index contributed by atoms with van der Waals surface area (Å²) < 4.78 is 0. The van der Waals surface area contributed by atoms with Crippen LogP contribution >= 0.6 is 22.9 Å². The number of hydrogen-bond acceptors (Lipinski definition) is 4. The molecule has 3 amide bonds. The van der Waals surface area contributed by atoms with Gasteiger partial charge in [-0.15, -0.1) is 11.3 Å². The number of ketones is 1. The quantitative estimate of drug-likeness (QED) is 0.240. The molecular weight excluding hydrogens is 542 g/mol. The summed E-state index contributed by atoms with van der Waals surface area (Å²) in [5.74, 6) is -2.33. The van der Waals surface area contributed by atoms with Gasteiger partial charge < -0.3 is 16.0 Å². The van der Waals surface area contributed by atoms with E-state index < -0.39 is 35.9 Å². The van der Waals surface area contributed by atoms with E-state index in [9.17, 15) is 14.4 Å². The number of nitrogens with one attached hydrogen (secondary N) is 1. The molecule has 3 N–H and O–H groups in total. The number of amides is 3. The highest BCUT2D eigenvalue weighted by atomic mass is 35.5. The highest BCUT2D eigenvalue weighted by Gasteiger charge is 2.56. The Labute approximate surface area is 242 Å². The van der Waals surface area contributed by atoms with Gasteiger partial charge in [-0.1, -0.05) is 84.4 Å². The van der Waals surface area contributed by atoms with Crippen molar-refractivity contribution >= 4 is 52.4 Å². The van der Waals surface area contributed by atoms with Gasteiger partial charge in [0.2, 0.25) is 5.91 Å². The molecule has 0 aliphatic carbocycles. The Morgan fingerprint density at radius 1 is 0.950 bits per heavy atom. The van der Waals surface area contributed by atoms with Gasteiger partial charge >= 0.3 is 6.03 Å². The fourth-order valence-corrected chi connectivity index (χ4v) is 6.23. The third-order valence-corrected chi connectivity index (χ3v) is 8.25. The topological polar surface area (TPSA) is 92.5 Å². The first-order valence-electron chi connectivity index (χ1n) is 12.8. The third kappa shape index (κ3) is 5.71. The Morgan fingerprint density at radius 3 is 2.35 bits per heavy atom. The molecule has 0 radical (unpaired) electrons. The zero-order valence-electron chi connectivity index (χ0n) is 21.7. The first-order chi connectivity index (χ1) is 19.3. The molecule has 8 heteroatoms. The summed E-state index contributed by atoms with van der Waals surface area (Å²) in [6.07, 6.45) is 3.70. The lowest BCUT2D eigenvalue weighted by molar-refractivity contribution is -0.122. The predicted octanol–water partition coefficient (Wildman–Crippen LogP) is 6.78. The predicted molar refractivity (Wildman–Crippen MR) is 161 cm³/mol. The summed E-state index contributed by atoms with van der Waals surface area (Å²) in [5, 5.41) is 5.29. The average molecular weight is 570 g/mol. The average Bonchev–Trinajstić information content (AvgIpc) is 3.60. The van der Waals surface area contributed by atoms with E-state index in [1.807, 2.05) is 79.1 Å². The largest absolute Gasteiger partial charge is 0.368 e. The molecule has 1 aliphatic rings. The van der Waals surface area contributed by atoms with Crippen LogP contribution in [0.15, 0.2) is 102 Å². The summed E-state index contributed by atoms with van der Waals surface area (Å²) in [6.45, 7) is 1.93. The monoisotopic (exact) mass is 569 g/mol. The lowest BCUT2D eigenvalue weighted by atomic mass is 9.78. The van der Waals surface area contributed by atoms with E-state index in [2.05, 4.69) is 5.32 Å². The van der Waals surface area contributed by atoms with Gasteiger partial charge in [-0.05, 0) is 59.3 Å². The van der Waals surface area contributed by atoms with E-state index in [1.165, 1.54) is 16.2 Å². The number of thiophene rings is 1. The molecule has 4 unspecified atom stereocenters. The van der Waals surface area contributed by atoms with Gasteiger partial charge in [0.25, 0.3) is 0 Å². The molecule has 0 spiro atoms. The van der Waals surface area contributed by atoms with Crippen LogP contribution in [0.3, 0.4) is 0 Å². The number of aryl methyl sites for hydroxylation is 1. The Hall–Kier alpha value is -4.20. The first-order valence-corrected chi connectivity index (χ1v) is 14.1. The van der Waals surface area contributed by atoms with Crippen molar-refractivity contribution in [2.45, 2.75) is 24.9 Å². The van der Waals surface area contributed by atoms with E-state index >= 15 is 0 Å². The summed E-state index contributed by atoms with van der Waals surface area (Å²) in [6, 6.07) is 25.2. The summed E-state index contributed by atoms with van der Waals surface area (Å²) in [5.41, 5.74) is 9.18. The zero-order chi connectivity index (χ0) is 28.2. The number of halogens is 1. The second-order valence-electron chi connectivity index (χ2n) is 9.76. The molecule has 4 atom stereocenters. The minimum Gasteiger partial charge on any atom is -0.368 e. The molecule has 1 aromatic heterocycles. The Morgan fingerprint density at radius 2 is 1.70 bits per heavy atom. The first kappa shape index (κ1) is 27.4. The number of Topliss-reactive ketones (excluding diaryl/α,β-unsaturated/α-hetero) is 1. The zero-order valence-corrected chi connectivity index (χ0v) is 23.3. The van der Waals surface area contributed by atoms with Crippen molar-refractivity contribution in [3.05, 3.63) is 129 Å². The maximum absolute atomic E-state index is 14.2. The number of urea groups is 1. The fourth-order valence-electron chi connectivity index (χ4n) is 5.39. The lowest BCUT2D eigenvalue weighted by Crippen LogP contribution is -2.50. The van der Waals surface area contributed by atoms with Crippen molar-refractivity contribution in [1.29, 1.82) is 0 Å². The maximum Gasteiger partial charge on any atom is 0.323 e. The van der Waals surface area contributed by atoms with E-state index in [1.54, 1.807) is 36.4 Å². The maximum atomic E-state index is 14.2. The van der Waals surface area contributed by atoms with Gasteiger partial charge in [0.1, 0.15) is 6.04 Å². The molecule has 1 aliphatic heterocycles. The van der Waals surface area contributed by atoms with Crippen LogP contribution in [-0.4, -0.2) is 34.7 Å². The van der Waals surface area contributed by atoms with E-state index in [-0.39, 0.29) is 5.78 Å². The SMILES string of the molecule is Cc1cccc(NC(=O)N2C(C=Cc3ccccc3)C(C(=O)c3cccs3)C(c3ccc(Cl)cc3)C2C(N)=O)c1. The Bertz CT molecular complexity index is 1540. The summed E-state index contributed by atoms with van der Waals surface area (Å²) in [4.78, 5) is 43.3. The number of carbonyl (C=O) groups is 3. The van der Waals surface area contributed by atoms with Crippen molar-refractivity contribution < 1.29 is 14.4 Å². The van der Waals surface area contributed by atoms with Crippen LogP contribution in [0.1, 0.15) is 32.3 Å². The molecule has 4 aromatic rings. The van der Waals surface area contributed by atoms with Crippen LogP contribution in [0, 0.1) is 12.8 Å². The number of nitrogens with zero attached hydrogens (tertiary/aromatic N) is 1. The van der Waals surface area contributed by atoms with Crippen molar-refractivity contribution in [2.75, 3.05) is 5.32 Å². The highest BCUT2D eigenvalue weighted by molar-refractivity contribution is 7.12. The Balaban J connectivity index is 1.67. The van der Waals surface area contributed by atoms with Crippen LogP contribution in [-0.2, 0) is 4.79 Å². The van der Waals surface area contributed by atoms with Crippen LogP contribution in [0.5, 0.6) is 0 Å². The van der Waals surface area contributed by atoms with E-state index in [4.69, 9.17) is 17.3 Å². The van der Waals surface area contributed by atoms with Gasteiger partial charge in [-0.25, -0.2) is 4.79 Å². The Kier molecular flexibility index (Phi) is 8.14. The molecule has 5 rings (SSSR count). The van der Waals surface area contributed by atoms with Crippen LogP contribution in [0.25, 0.3) is 6.08 Å². The number of likely N-dealkylation sites (tertiary alicyclic amines) is 1. The standard InChI is InChI=1S/C32H28ClN3O3S/c1-20-7-5-10-24(19-20)35-32(39)36-25(17-12-21-8-3-2-4-9-21)28(30(37)26-11-6-18-40-26)27(29(36)31(34)38)22-13-15-23(33)16-14-22/h2-19,25,27-29H,1H3,(H2,34,38)(H,35,39). The number of carbonyl (C=O) groups excluding carboxylic acids is 3. The van der Waals surface area contributed by atoms with Crippen molar-refractivity contribution in [3.63, 3.8) is 0 Å². The number of hydrogen-bond donors (Lipinski definition) is 2. The summed E-state index contributed by atoms with van der Waals surface area (Å²) >= 11 is 7.51. The third-order valence-electron chi connectivity index (χ3n) is 7.12. The van der Waals surface area contributed by atoms with Gasteiger partial charge in [0.15, 0.2) is 5.78 Å². The van der Waals surface area contributed by atoms with Gasteiger partial charge in [0, 0.05) is 16.6 Å². The number of nitrogens with two attached hydrogens (primary N) is 1. The van der Waals surface area contributed by atoms with E-state index in [0.717, 1.165) is 11.1 Å². The fraction of sp³-hybridized carbons (Fsp3) is 0.156. The number of rotatable bonds is 7. The minimum absolute atomic E-state index is 0.158. The van der Waals surface area contributed by atoms with Gasteiger partial charge in [-0.2, -0.15) is 0 Å². The van der Waals surface area contributed by atoms with Crippen LogP contribution in [0.2, 0.25) is 5.02 Å². The van der Waals surface area contributed by atoms with Crippen molar-refractivity contribution in [1.82, 2.24) is 4.90 Å². The molecule has 1 saturated heterocycles. The number of benzene rings is 3. The van der Waals surface area contributed by atoms with Gasteiger partial charge in [0.05, 0.1) is 16.8 Å². The number of anilines is 1. The van der Waals surface area contributed by atoms with Gasteiger partial charge in [-0.3, -0.25) is 9.59 Å².